The number of rotatable bonds is 3. The topological polar surface area (TPSA) is 76.5 Å². The van der Waals surface area contributed by atoms with Gasteiger partial charge in [0.15, 0.2) is 0 Å². The molecule has 3 heterocycles. The van der Waals surface area contributed by atoms with Crippen molar-refractivity contribution in [2.24, 2.45) is 0 Å². The molecule has 0 radical (unpaired) electrons. The number of carbonyl (C=O) groups is 2. The Morgan fingerprint density at radius 2 is 2.29 bits per heavy atom. The number of nitrogens with zero attached hydrogens (tertiary/aromatic N) is 3. The summed E-state index contributed by atoms with van der Waals surface area (Å²) in [7, 11) is 0. The summed E-state index contributed by atoms with van der Waals surface area (Å²) in [6.45, 7) is 2.22. The van der Waals surface area contributed by atoms with E-state index >= 15 is 0 Å². The zero-order chi connectivity index (χ0) is 16.7. The quantitative estimate of drug-likeness (QED) is 0.926. The Morgan fingerprint density at radius 1 is 1.42 bits per heavy atom. The van der Waals surface area contributed by atoms with Crippen molar-refractivity contribution in [3.8, 4) is 5.69 Å². The molecule has 1 fully saturated rings. The van der Waals surface area contributed by atoms with Gasteiger partial charge in [-0.15, -0.1) is 0 Å². The number of fused-ring (bicyclic) bond motifs is 3. The van der Waals surface area contributed by atoms with Gasteiger partial charge in [0.25, 0.3) is 0 Å². The number of carbonyl (C=O) groups excluding carboxylic acids is 2. The maximum absolute atomic E-state index is 12.1. The van der Waals surface area contributed by atoms with E-state index in [0.29, 0.717) is 13.1 Å². The summed E-state index contributed by atoms with van der Waals surface area (Å²) in [5.41, 5.74) is 3.13. The normalized spacial score (nSPS) is 18.8. The van der Waals surface area contributed by atoms with Crippen LogP contribution in [0.2, 0.25) is 0 Å². The number of amides is 2. The van der Waals surface area contributed by atoms with Gasteiger partial charge in [-0.1, -0.05) is 0 Å². The molecule has 0 spiro atoms. The summed E-state index contributed by atoms with van der Waals surface area (Å²) in [6.07, 6.45) is 4.86. The number of nitrogens with one attached hydrogen (secondary N) is 1. The number of aromatic nitrogens is 2. The molecule has 7 nitrogen and oxygen atoms in total. The van der Waals surface area contributed by atoms with E-state index in [-0.39, 0.29) is 18.1 Å². The highest BCUT2D eigenvalue weighted by Gasteiger charge is 2.32. The van der Waals surface area contributed by atoms with Gasteiger partial charge in [-0.05, 0) is 30.2 Å². The Bertz CT molecular complexity index is 814. The molecule has 2 aliphatic heterocycles. The summed E-state index contributed by atoms with van der Waals surface area (Å²) < 4.78 is 7.41. The Kier molecular flexibility index (Phi) is 3.48. The fraction of sp³-hybridized carbons (Fsp3) is 0.353. The molecule has 1 saturated heterocycles. The molecule has 0 bridgehead atoms. The highest BCUT2D eigenvalue weighted by Crippen LogP contribution is 2.30. The van der Waals surface area contributed by atoms with Crippen LogP contribution in [0.5, 0.6) is 0 Å². The molecule has 0 aliphatic carbocycles. The molecular weight excluding hydrogens is 308 g/mol. The van der Waals surface area contributed by atoms with E-state index in [9.17, 15) is 9.59 Å². The molecule has 4 rings (SSSR count). The van der Waals surface area contributed by atoms with Gasteiger partial charge in [-0.3, -0.25) is 9.69 Å². The largest absolute Gasteiger partial charge is 0.442 e. The van der Waals surface area contributed by atoms with Crippen molar-refractivity contribution in [2.45, 2.75) is 25.9 Å². The monoisotopic (exact) mass is 326 g/mol. The predicted octanol–water partition coefficient (Wildman–Crippen LogP) is 1.43. The van der Waals surface area contributed by atoms with Gasteiger partial charge in [-0.25, -0.2) is 9.78 Å². The number of imidazole rings is 1. The lowest BCUT2D eigenvalue weighted by Gasteiger charge is -2.21. The van der Waals surface area contributed by atoms with Crippen LogP contribution in [0.1, 0.15) is 18.3 Å². The van der Waals surface area contributed by atoms with Gasteiger partial charge >= 0.3 is 6.09 Å². The molecule has 1 N–H and O–H groups in total. The van der Waals surface area contributed by atoms with Crippen LogP contribution in [0.15, 0.2) is 30.6 Å². The van der Waals surface area contributed by atoms with E-state index in [1.54, 1.807) is 4.90 Å². The summed E-state index contributed by atoms with van der Waals surface area (Å²) in [6, 6.07) is 5.99. The molecule has 2 aliphatic rings. The Balaban J connectivity index is 1.56. The molecule has 24 heavy (non-hydrogen) atoms. The molecule has 0 saturated carbocycles. The fourth-order valence-electron chi connectivity index (χ4n) is 3.26. The number of benzene rings is 1. The summed E-state index contributed by atoms with van der Waals surface area (Å²) in [4.78, 5) is 29.1. The first-order valence-electron chi connectivity index (χ1n) is 8.00. The summed E-state index contributed by atoms with van der Waals surface area (Å²) >= 11 is 0. The van der Waals surface area contributed by atoms with E-state index in [4.69, 9.17) is 4.74 Å². The Hall–Kier alpha value is -2.83. The van der Waals surface area contributed by atoms with Crippen molar-refractivity contribution in [3.05, 3.63) is 42.0 Å². The fourth-order valence-corrected chi connectivity index (χ4v) is 3.26. The van der Waals surface area contributed by atoms with Crippen molar-refractivity contribution >= 4 is 17.7 Å². The van der Waals surface area contributed by atoms with Crippen LogP contribution in [0.4, 0.5) is 10.5 Å². The zero-order valence-electron chi connectivity index (χ0n) is 13.4. The van der Waals surface area contributed by atoms with Crippen LogP contribution < -0.4 is 10.2 Å². The third-order valence-electron chi connectivity index (χ3n) is 4.42. The Morgan fingerprint density at radius 3 is 3.12 bits per heavy atom. The highest BCUT2D eigenvalue weighted by molar-refractivity contribution is 5.90. The lowest BCUT2D eigenvalue weighted by Crippen LogP contribution is -2.33. The minimum Gasteiger partial charge on any atom is -0.442 e. The standard InChI is InChI=1S/C17H18N4O3/c1-11(22)19-9-14-10-21(17(23)24-14)13-3-4-15-12(8-13)2-5-16-18-6-7-20(15)16/h3-4,6-8,14H,2,5,9-10H2,1H3,(H,19,22)/t14-/m0/s1. The maximum Gasteiger partial charge on any atom is 0.414 e. The van der Waals surface area contributed by atoms with Crippen LogP contribution in [0.3, 0.4) is 0 Å². The second-order valence-corrected chi connectivity index (χ2v) is 6.08. The van der Waals surface area contributed by atoms with Gasteiger partial charge in [0, 0.05) is 31.4 Å². The first-order valence-corrected chi connectivity index (χ1v) is 8.00. The summed E-state index contributed by atoms with van der Waals surface area (Å²) in [5.74, 6) is 0.931. The molecule has 1 atom stereocenters. The third-order valence-corrected chi connectivity index (χ3v) is 4.42. The lowest BCUT2D eigenvalue weighted by molar-refractivity contribution is -0.119. The zero-order valence-corrected chi connectivity index (χ0v) is 13.4. The highest BCUT2D eigenvalue weighted by atomic mass is 16.6. The SMILES string of the molecule is CC(=O)NC[C@H]1CN(c2ccc3c(c2)CCc2nccn2-3)C(=O)O1. The van der Waals surface area contributed by atoms with E-state index in [0.717, 1.165) is 30.0 Å². The van der Waals surface area contributed by atoms with Gasteiger partial charge in [-0.2, -0.15) is 0 Å². The number of aryl methyl sites for hydroxylation is 2. The third kappa shape index (κ3) is 2.51. The van der Waals surface area contributed by atoms with E-state index < -0.39 is 0 Å². The first-order chi connectivity index (χ1) is 11.6. The smallest absolute Gasteiger partial charge is 0.414 e. The number of hydrogen-bond donors (Lipinski definition) is 1. The molecule has 2 aromatic rings. The number of anilines is 1. The van der Waals surface area contributed by atoms with Crippen LogP contribution in [0.25, 0.3) is 5.69 Å². The molecule has 1 aromatic carbocycles. The maximum atomic E-state index is 12.1. The van der Waals surface area contributed by atoms with Crippen LogP contribution in [0, 0.1) is 0 Å². The average Bonchev–Trinajstić information content (AvgIpc) is 3.18. The molecule has 7 heteroatoms. The molecule has 1 aromatic heterocycles. The van der Waals surface area contributed by atoms with Gasteiger partial charge in [0.1, 0.15) is 11.9 Å². The molecule has 124 valence electrons. The van der Waals surface area contributed by atoms with Crippen molar-refractivity contribution < 1.29 is 14.3 Å². The van der Waals surface area contributed by atoms with Crippen molar-refractivity contribution in [1.82, 2.24) is 14.9 Å². The van der Waals surface area contributed by atoms with Crippen LogP contribution in [-0.4, -0.2) is 40.7 Å². The van der Waals surface area contributed by atoms with Crippen LogP contribution in [-0.2, 0) is 22.4 Å². The van der Waals surface area contributed by atoms with E-state index in [1.807, 2.05) is 30.6 Å². The van der Waals surface area contributed by atoms with Crippen molar-refractivity contribution in [2.75, 3.05) is 18.0 Å². The molecule has 0 unspecified atom stereocenters. The van der Waals surface area contributed by atoms with Crippen molar-refractivity contribution in [3.63, 3.8) is 0 Å². The molecular formula is C17H18N4O3. The number of hydrogen-bond acceptors (Lipinski definition) is 4. The van der Waals surface area contributed by atoms with Crippen LogP contribution >= 0.6 is 0 Å². The number of ether oxygens (including phenoxy) is 1. The Labute approximate surface area is 139 Å². The van der Waals surface area contributed by atoms with Gasteiger partial charge in [0.05, 0.1) is 18.8 Å². The predicted molar refractivity (Wildman–Crippen MR) is 87.3 cm³/mol. The van der Waals surface area contributed by atoms with E-state index in [2.05, 4.69) is 14.9 Å². The van der Waals surface area contributed by atoms with Gasteiger partial charge < -0.3 is 14.6 Å². The second-order valence-electron chi connectivity index (χ2n) is 6.08. The summed E-state index contributed by atoms with van der Waals surface area (Å²) in [5, 5.41) is 2.68. The minimum atomic E-state index is -0.371. The first kappa shape index (κ1) is 14.7. The lowest BCUT2D eigenvalue weighted by atomic mass is 10.0. The minimum absolute atomic E-state index is 0.130. The van der Waals surface area contributed by atoms with E-state index in [1.165, 1.54) is 12.5 Å². The molecule has 2 amide bonds. The van der Waals surface area contributed by atoms with Crippen molar-refractivity contribution in [1.29, 1.82) is 0 Å². The second kappa shape index (κ2) is 5.67. The number of cyclic esters (lactones) is 1. The average molecular weight is 326 g/mol. The van der Waals surface area contributed by atoms with Gasteiger partial charge in [0.2, 0.25) is 5.91 Å².